The zero-order chi connectivity index (χ0) is 11.4. The van der Waals surface area contributed by atoms with Gasteiger partial charge < -0.3 is 5.32 Å². The molecule has 1 aromatic carbocycles. The van der Waals surface area contributed by atoms with E-state index in [1.165, 1.54) is 16.7 Å². The first-order chi connectivity index (χ1) is 7.74. The monoisotopic (exact) mass is 215 g/mol. The van der Waals surface area contributed by atoms with Crippen LogP contribution in [0.4, 0.5) is 0 Å². The van der Waals surface area contributed by atoms with Crippen molar-refractivity contribution in [3.8, 4) is 0 Å². The fraction of sp³-hybridized carbons (Fsp3) is 0.308. The summed E-state index contributed by atoms with van der Waals surface area (Å²) in [5, 5.41) is 10.2. The van der Waals surface area contributed by atoms with Crippen LogP contribution < -0.4 is 5.32 Å². The number of hydrogen-bond acceptors (Lipinski definition) is 2. The van der Waals surface area contributed by atoms with Gasteiger partial charge in [0.05, 0.1) is 0 Å². The topological polar surface area (TPSA) is 40.7 Å². The number of aryl methyl sites for hydroxylation is 2. The molecule has 0 saturated carbocycles. The summed E-state index contributed by atoms with van der Waals surface area (Å²) in [6.45, 7) is 5.98. The van der Waals surface area contributed by atoms with Crippen LogP contribution in [0, 0.1) is 13.8 Å². The normalized spacial score (nSPS) is 10.6. The maximum absolute atomic E-state index is 3.91. The van der Waals surface area contributed by atoms with E-state index in [1.54, 1.807) is 6.20 Å². The van der Waals surface area contributed by atoms with Crippen LogP contribution in [0.2, 0.25) is 0 Å². The van der Waals surface area contributed by atoms with E-state index in [0.717, 1.165) is 18.8 Å². The molecule has 1 heterocycles. The molecule has 0 radical (unpaired) electrons. The quantitative estimate of drug-likeness (QED) is 0.821. The third-order valence-corrected chi connectivity index (χ3v) is 2.48. The molecule has 0 atom stereocenters. The van der Waals surface area contributed by atoms with Crippen molar-refractivity contribution < 1.29 is 0 Å². The van der Waals surface area contributed by atoms with Gasteiger partial charge in [-0.2, -0.15) is 5.10 Å². The number of rotatable bonds is 4. The van der Waals surface area contributed by atoms with Crippen LogP contribution in [-0.4, -0.2) is 10.2 Å². The Balaban J connectivity index is 1.89. The highest BCUT2D eigenvalue weighted by Gasteiger charge is 1.97. The van der Waals surface area contributed by atoms with Crippen molar-refractivity contribution in [3.63, 3.8) is 0 Å². The molecule has 16 heavy (non-hydrogen) atoms. The SMILES string of the molecule is Cc1cc(C)cc(CNCc2ccn[nH]2)c1. The first kappa shape index (κ1) is 10.9. The average molecular weight is 215 g/mol. The Morgan fingerprint density at radius 2 is 1.88 bits per heavy atom. The summed E-state index contributed by atoms with van der Waals surface area (Å²) >= 11 is 0. The zero-order valence-electron chi connectivity index (χ0n) is 9.75. The highest BCUT2D eigenvalue weighted by atomic mass is 15.1. The van der Waals surface area contributed by atoms with E-state index in [4.69, 9.17) is 0 Å². The largest absolute Gasteiger partial charge is 0.307 e. The lowest BCUT2D eigenvalue weighted by Crippen LogP contribution is -2.13. The van der Waals surface area contributed by atoms with E-state index in [-0.39, 0.29) is 0 Å². The standard InChI is InChI=1S/C13H17N3/c1-10-5-11(2)7-12(6-10)8-14-9-13-3-4-15-16-13/h3-7,14H,8-9H2,1-2H3,(H,15,16). The van der Waals surface area contributed by atoms with Crippen LogP contribution in [0.15, 0.2) is 30.5 Å². The minimum absolute atomic E-state index is 0.826. The van der Waals surface area contributed by atoms with Crippen molar-refractivity contribution in [3.05, 3.63) is 52.8 Å². The highest BCUT2D eigenvalue weighted by molar-refractivity contribution is 5.28. The number of benzene rings is 1. The van der Waals surface area contributed by atoms with E-state index in [0.29, 0.717) is 0 Å². The molecule has 0 fully saturated rings. The van der Waals surface area contributed by atoms with Crippen LogP contribution in [0.5, 0.6) is 0 Å². The van der Waals surface area contributed by atoms with Crippen LogP contribution in [0.1, 0.15) is 22.4 Å². The number of aromatic nitrogens is 2. The Bertz CT molecular complexity index is 426. The molecule has 84 valence electrons. The molecule has 0 unspecified atom stereocenters. The van der Waals surface area contributed by atoms with E-state index < -0.39 is 0 Å². The van der Waals surface area contributed by atoms with Crippen molar-refractivity contribution in [2.24, 2.45) is 0 Å². The number of H-pyrrole nitrogens is 1. The molecule has 2 N–H and O–H groups in total. The number of nitrogens with zero attached hydrogens (tertiary/aromatic N) is 1. The predicted octanol–water partition coefficient (Wildman–Crippen LogP) is 2.32. The first-order valence-electron chi connectivity index (χ1n) is 5.50. The Kier molecular flexibility index (Phi) is 3.37. The fourth-order valence-electron chi connectivity index (χ4n) is 1.90. The van der Waals surface area contributed by atoms with Gasteiger partial charge in [-0.05, 0) is 25.5 Å². The second-order valence-corrected chi connectivity index (χ2v) is 4.18. The summed E-state index contributed by atoms with van der Waals surface area (Å²) in [5.74, 6) is 0. The fourth-order valence-corrected chi connectivity index (χ4v) is 1.90. The van der Waals surface area contributed by atoms with E-state index in [2.05, 4.69) is 47.6 Å². The van der Waals surface area contributed by atoms with Crippen LogP contribution in [0.3, 0.4) is 0 Å². The Hall–Kier alpha value is -1.61. The van der Waals surface area contributed by atoms with Crippen molar-refractivity contribution in [2.45, 2.75) is 26.9 Å². The Labute approximate surface area is 95.9 Å². The van der Waals surface area contributed by atoms with Gasteiger partial charge in [-0.15, -0.1) is 0 Å². The lowest BCUT2D eigenvalue weighted by atomic mass is 10.1. The molecule has 0 bridgehead atoms. The van der Waals surface area contributed by atoms with Gasteiger partial charge in [0.15, 0.2) is 0 Å². The summed E-state index contributed by atoms with van der Waals surface area (Å²) in [6.07, 6.45) is 1.77. The molecule has 0 aliphatic rings. The van der Waals surface area contributed by atoms with Gasteiger partial charge in [-0.3, -0.25) is 5.10 Å². The highest BCUT2D eigenvalue weighted by Crippen LogP contribution is 2.08. The smallest absolute Gasteiger partial charge is 0.0490 e. The van der Waals surface area contributed by atoms with Crippen LogP contribution in [0.25, 0.3) is 0 Å². The van der Waals surface area contributed by atoms with Gasteiger partial charge in [0, 0.05) is 25.0 Å². The third kappa shape index (κ3) is 2.94. The average Bonchev–Trinajstić information content (AvgIpc) is 2.69. The third-order valence-electron chi connectivity index (χ3n) is 2.48. The Morgan fingerprint density at radius 3 is 2.50 bits per heavy atom. The summed E-state index contributed by atoms with van der Waals surface area (Å²) in [5.41, 5.74) is 5.08. The minimum Gasteiger partial charge on any atom is -0.307 e. The van der Waals surface area contributed by atoms with Gasteiger partial charge in [-0.1, -0.05) is 29.3 Å². The van der Waals surface area contributed by atoms with E-state index >= 15 is 0 Å². The Morgan fingerprint density at radius 1 is 1.12 bits per heavy atom. The number of aromatic amines is 1. The molecule has 0 aliphatic carbocycles. The number of nitrogens with one attached hydrogen (secondary N) is 2. The van der Waals surface area contributed by atoms with Crippen molar-refractivity contribution in [2.75, 3.05) is 0 Å². The van der Waals surface area contributed by atoms with E-state index in [9.17, 15) is 0 Å². The van der Waals surface area contributed by atoms with Gasteiger partial charge in [0.1, 0.15) is 0 Å². The van der Waals surface area contributed by atoms with Gasteiger partial charge in [0.2, 0.25) is 0 Å². The molecule has 0 spiro atoms. The summed E-state index contributed by atoms with van der Waals surface area (Å²) < 4.78 is 0. The van der Waals surface area contributed by atoms with Gasteiger partial charge in [0.25, 0.3) is 0 Å². The predicted molar refractivity (Wildman–Crippen MR) is 65.0 cm³/mol. The molecular weight excluding hydrogens is 198 g/mol. The van der Waals surface area contributed by atoms with Crippen molar-refractivity contribution in [1.82, 2.24) is 15.5 Å². The lowest BCUT2D eigenvalue weighted by molar-refractivity contribution is 0.677. The maximum atomic E-state index is 3.91. The van der Waals surface area contributed by atoms with Crippen molar-refractivity contribution in [1.29, 1.82) is 0 Å². The second kappa shape index (κ2) is 4.94. The second-order valence-electron chi connectivity index (χ2n) is 4.18. The molecule has 0 aliphatic heterocycles. The lowest BCUT2D eigenvalue weighted by Gasteiger charge is -2.06. The molecule has 1 aromatic heterocycles. The molecular formula is C13H17N3. The van der Waals surface area contributed by atoms with Crippen LogP contribution in [-0.2, 0) is 13.1 Å². The molecule has 2 rings (SSSR count). The summed E-state index contributed by atoms with van der Waals surface area (Å²) in [7, 11) is 0. The molecule has 2 aromatic rings. The van der Waals surface area contributed by atoms with Gasteiger partial charge in [-0.25, -0.2) is 0 Å². The number of hydrogen-bond donors (Lipinski definition) is 2. The molecule has 3 heteroatoms. The van der Waals surface area contributed by atoms with Crippen molar-refractivity contribution >= 4 is 0 Å². The molecule has 3 nitrogen and oxygen atoms in total. The molecule has 0 amide bonds. The minimum atomic E-state index is 0.826. The first-order valence-corrected chi connectivity index (χ1v) is 5.50. The molecule has 0 saturated heterocycles. The maximum Gasteiger partial charge on any atom is 0.0490 e. The summed E-state index contributed by atoms with van der Waals surface area (Å²) in [6, 6.07) is 8.60. The summed E-state index contributed by atoms with van der Waals surface area (Å²) in [4.78, 5) is 0. The zero-order valence-corrected chi connectivity index (χ0v) is 9.75. The van der Waals surface area contributed by atoms with Gasteiger partial charge >= 0.3 is 0 Å². The van der Waals surface area contributed by atoms with E-state index in [1.807, 2.05) is 6.07 Å². The van der Waals surface area contributed by atoms with Crippen LogP contribution >= 0.6 is 0 Å².